The number of phenolic OH excluding ortho intramolecular Hbond substituents is 1. The number of phenols is 1. The van der Waals surface area contributed by atoms with Crippen LogP contribution in [-0.4, -0.2) is 10.9 Å². The molecule has 2 nitrogen and oxygen atoms in total. The first-order valence-electron chi connectivity index (χ1n) is 8.21. The van der Waals surface area contributed by atoms with E-state index in [2.05, 4.69) is 30.3 Å². The summed E-state index contributed by atoms with van der Waals surface area (Å²) in [6, 6.07) is 18.1. The Morgan fingerprint density at radius 2 is 1.79 bits per heavy atom. The third kappa shape index (κ3) is 2.69. The van der Waals surface area contributed by atoms with Gasteiger partial charge in [0.25, 0.3) is 0 Å². The summed E-state index contributed by atoms with van der Waals surface area (Å²) in [6.07, 6.45) is 2.37. The van der Waals surface area contributed by atoms with Gasteiger partial charge in [0.15, 0.2) is 5.78 Å². The molecule has 3 aromatic carbocycles. The zero-order valence-electron chi connectivity index (χ0n) is 13.3. The Kier molecular flexibility index (Phi) is 4.03. The van der Waals surface area contributed by atoms with Gasteiger partial charge in [-0.3, -0.25) is 4.79 Å². The van der Waals surface area contributed by atoms with Crippen molar-refractivity contribution in [1.82, 2.24) is 0 Å². The monoisotopic (exact) mass is 334 g/mol. The van der Waals surface area contributed by atoms with Crippen molar-refractivity contribution in [3.05, 3.63) is 71.3 Å². The number of benzene rings is 3. The smallest absolute Gasteiger partial charge is 0.163 e. The minimum atomic E-state index is 0.202. The van der Waals surface area contributed by atoms with E-state index in [9.17, 15) is 9.90 Å². The van der Waals surface area contributed by atoms with Crippen LogP contribution < -0.4 is 0 Å². The fourth-order valence-corrected chi connectivity index (χ4v) is 4.56. The van der Waals surface area contributed by atoms with Gasteiger partial charge in [-0.25, -0.2) is 0 Å². The molecule has 1 N–H and O–H groups in total. The van der Waals surface area contributed by atoms with E-state index in [4.69, 9.17) is 0 Å². The second-order valence-electron chi connectivity index (χ2n) is 6.13. The van der Waals surface area contributed by atoms with Crippen LogP contribution in [0.15, 0.2) is 59.5 Å². The van der Waals surface area contributed by atoms with Crippen LogP contribution in [0.4, 0.5) is 0 Å². The van der Waals surface area contributed by atoms with Gasteiger partial charge in [-0.05, 0) is 47.4 Å². The van der Waals surface area contributed by atoms with Gasteiger partial charge in [0.1, 0.15) is 5.75 Å². The summed E-state index contributed by atoms with van der Waals surface area (Å²) in [7, 11) is 0. The van der Waals surface area contributed by atoms with Gasteiger partial charge in [-0.1, -0.05) is 36.4 Å². The van der Waals surface area contributed by atoms with Gasteiger partial charge >= 0.3 is 0 Å². The highest BCUT2D eigenvalue weighted by molar-refractivity contribution is 7.98. The summed E-state index contributed by atoms with van der Waals surface area (Å²) >= 11 is 1.72. The Morgan fingerprint density at radius 3 is 2.71 bits per heavy atom. The van der Waals surface area contributed by atoms with Gasteiger partial charge in [-0.2, -0.15) is 0 Å². The number of Topliss-reactive ketones (excluding diaryl/α,β-unsaturated/α-hetero) is 1. The molecule has 3 heteroatoms. The van der Waals surface area contributed by atoms with Gasteiger partial charge in [0.2, 0.25) is 0 Å². The molecule has 0 atom stereocenters. The molecule has 24 heavy (non-hydrogen) atoms. The van der Waals surface area contributed by atoms with Crippen LogP contribution in [0.3, 0.4) is 0 Å². The maximum atomic E-state index is 12.1. The molecule has 3 aromatic rings. The number of hydrogen-bond donors (Lipinski definition) is 1. The Hall–Kier alpha value is -2.26. The topological polar surface area (TPSA) is 37.3 Å². The van der Waals surface area contributed by atoms with E-state index in [-0.39, 0.29) is 5.78 Å². The fourth-order valence-electron chi connectivity index (χ4n) is 3.42. The molecule has 0 bridgehead atoms. The first-order valence-corrected chi connectivity index (χ1v) is 9.20. The largest absolute Gasteiger partial charge is 0.508 e. The van der Waals surface area contributed by atoms with Gasteiger partial charge in [-0.15, -0.1) is 11.8 Å². The number of rotatable bonds is 3. The number of ketones is 1. The van der Waals surface area contributed by atoms with Crippen LogP contribution in [0.25, 0.3) is 10.8 Å². The molecule has 120 valence electrons. The molecular formula is C21H18O2S. The fraction of sp³-hybridized carbons (Fsp3) is 0.190. The van der Waals surface area contributed by atoms with Gasteiger partial charge < -0.3 is 5.11 Å². The molecule has 0 amide bonds. The lowest BCUT2D eigenvalue weighted by Crippen LogP contribution is -2.12. The predicted octanol–water partition coefficient (Wildman–Crippen LogP) is 5.36. The zero-order valence-corrected chi connectivity index (χ0v) is 14.1. The molecule has 4 rings (SSSR count). The molecule has 0 fully saturated rings. The van der Waals surface area contributed by atoms with Crippen LogP contribution in [0, 0.1) is 0 Å². The van der Waals surface area contributed by atoms with Crippen LogP contribution >= 0.6 is 11.8 Å². The van der Waals surface area contributed by atoms with E-state index in [0.717, 1.165) is 29.5 Å². The minimum absolute atomic E-state index is 0.202. The summed E-state index contributed by atoms with van der Waals surface area (Å²) in [5.41, 5.74) is 2.75. The number of aromatic hydroxyl groups is 1. The average molecular weight is 334 g/mol. The Bertz CT molecular complexity index is 925. The van der Waals surface area contributed by atoms with E-state index in [1.807, 2.05) is 12.1 Å². The summed E-state index contributed by atoms with van der Waals surface area (Å²) in [5.74, 6) is 1.18. The van der Waals surface area contributed by atoms with E-state index in [0.29, 0.717) is 17.9 Å². The quantitative estimate of drug-likeness (QED) is 0.655. The van der Waals surface area contributed by atoms with Crippen LogP contribution in [0.1, 0.15) is 34.3 Å². The average Bonchev–Trinajstić information content (AvgIpc) is 2.61. The molecule has 1 aliphatic carbocycles. The van der Waals surface area contributed by atoms with E-state index in [1.54, 1.807) is 23.9 Å². The van der Waals surface area contributed by atoms with Crippen molar-refractivity contribution >= 4 is 28.3 Å². The zero-order chi connectivity index (χ0) is 16.5. The number of carbonyl (C=O) groups excluding carboxylic acids is 1. The Labute approximate surface area is 145 Å². The van der Waals surface area contributed by atoms with Crippen LogP contribution in [0.5, 0.6) is 5.75 Å². The number of hydrogen-bond acceptors (Lipinski definition) is 3. The maximum absolute atomic E-state index is 12.1. The third-order valence-electron chi connectivity index (χ3n) is 4.66. The number of fused-ring (bicyclic) bond motifs is 2. The maximum Gasteiger partial charge on any atom is 0.163 e. The molecule has 0 heterocycles. The van der Waals surface area contributed by atoms with Crippen molar-refractivity contribution < 1.29 is 9.90 Å². The highest BCUT2D eigenvalue weighted by Gasteiger charge is 2.22. The highest BCUT2D eigenvalue weighted by Crippen LogP contribution is 2.36. The third-order valence-corrected chi connectivity index (χ3v) is 5.76. The standard InChI is InChI=1S/C21H18O2S/c22-19-9-4-8-16-17(19)11-12-20(23)18(16)13-24-21-10-3-6-14-5-1-2-7-15(14)21/h1-3,5-7,10-12,23H,4,8-9,13H2. The van der Waals surface area contributed by atoms with E-state index < -0.39 is 0 Å². The minimum Gasteiger partial charge on any atom is -0.508 e. The number of carbonyl (C=O) groups is 1. The molecule has 0 unspecified atom stereocenters. The van der Waals surface area contributed by atoms with Crippen molar-refractivity contribution in [3.63, 3.8) is 0 Å². The molecule has 0 radical (unpaired) electrons. The highest BCUT2D eigenvalue weighted by atomic mass is 32.2. The first-order chi connectivity index (χ1) is 11.7. The van der Waals surface area contributed by atoms with Crippen molar-refractivity contribution in [1.29, 1.82) is 0 Å². The van der Waals surface area contributed by atoms with Crippen molar-refractivity contribution in [2.45, 2.75) is 29.9 Å². The molecular weight excluding hydrogens is 316 g/mol. The van der Waals surface area contributed by atoms with Crippen molar-refractivity contribution in [3.8, 4) is 5.75 Å². The molecule has 0 spiro atoms. The Morgan fingerprint density at radius 1 is 0.958 bits per heavy atom. The lowest BCUT2D eigenvalue weighted by molar-refractivity contribution is 0.0972. The second kappa shape index (κ2) is 6.33. The number of thioether (sulfide) groups is 1. The predicted molar refractivity (Wildman–Crippen MR) is 98.9 cm³/mol. The van der Waals surface area contributed by atoms with E-state index in [1.165, 1.54) is 15.7 Å². The SMILES string of the molecule is O=C1CCCc2c1ccc(O)c2CSc1cccc2ccccc12. The van der Waals surface area contributed by atoms with Crippen molar-refractivity contribution in [2.24, 2.45) is 0 Å². The van der Waals surface area contributed by atoms with Gasteiger partial charge in [0, 0.05) is 28.2 Å². The Balaban J connectivity index is 1.69. The molecule has 0 saturated heterocycles. The summed E-state index contributed by atoms with van der Waals surface area (Å²) < 4.78 is 0. The van der Waals surface area contributed by atoms with Crippen LogP contribution in [-0.2, 0) is 12.2 Å². The lowest BCUT2D eigenvalue weighted by atomic mass is 9.87. The lowest BCUT2D eigenvalue weighted by Gasteiger charge is -2.19. The first kappa shape index (κ1) is 15.3. The van der Waals surface area contributed by atoms with Crippen molar-refractivity contribution in [2.75, 3.05) is 0 Å². The van der Waals surface area contributed by atoms with Gasteiger partial charge in [0.05, 0.1) is 0 Å². The summed E-state index contributed by atoms with van der Waals surface area (Å²) in [6.45, 7) is 0. The van der Waals surface area contributed by atoms with Crippen LogP contribution in [0.2, 0.25) is 0 Å². The molecule has 0 saturated carbocycles. The normalized spacial score (nSPS) is 13.9. The molecule has 1 aliphatic rings. The molecule has 0 aliphatic heterocycles. The second-order valence-corrected chi connectivity index (χ2v) is 7.15. The molecule has 0 aromatic heterocycles. The summed E-state index contributed by atoms with van der Waals surface area (Å²) in [4.78, 5) is 13.3. The van der Waals surface area contributed by atoms with E-state index >= 15 is 0 Å². The summed E-state index contributed by atoms with van der Waals surface area (Å²) in [5, 5.41) is 12.8.